The molecule has 0 aromatic heterocycles. The van der Waals surface area contributed by atoms with Crippen molar-refractivity contribution in [3.8, 4) is 0 Å². The van der Waals surface area contributed by atoms with Gasteiger partial charge in [-0.05, 0) is 12.8 Å². The van der Waals surface area contributed by atoms with Gasteiger partial charge in [0.05, 0.1) is 5.84 Å². The largest absolute Gasteiger partial charge is 0.388 e. The summed E-state index contributed by atoms with van der Waals surface area (Å²) < 4.78 is 4.86. The highest BCUT2D eigenvalue weighted by Gasteiger charge is 1.90. The second-order valence-electron chi connectivity index (χ2n) is 2.33. The van der Waals surface area contributed by atoms with Crippen molar-refractivity contribution < 1.29 is 4.74 Å². The molecule has 0 aliphatic rings. The summed E-state index contributed by atoms with van der Waals surface area (Å²) in [6.07, 6.45) is 3.92. The summed E-state index contributed by atoms with van der Waals surface area (Å²) >= 11 is 0. The highest BCUT2D eigenvalue weighted by molar-refractivity contribution is 5.76. The number of rotatable bonds is 6. The van der Waals surface area contributed by atoms with Crippen molar-refractivity contribution in [3.05, 3.63) is 0 Å². The van der Waals surface area contributed by atoms with Crippen LogP contribution >= 0.6 is 0 Å². The summed E-state index contributed by atoms with van der Waals surface area (Å²) in [5, 5.41) is 6.92. The van der Waals surface area contributed by atoms with E-state index in [-0.39, 0.29) is 5.84 Å². The fourth-order valence-electron chi connectivity index (χ4n) is 0.739. The number of hydrogen-bond donors (Lipinski definition) is 2. The van der Waals surface area contributed by atoms with Gasteiger partial charge in [0.2, 0.25) is 0 Å². The molecule has 10 heavy (non-hydrogen) atoms. The quantitative estimate of drug-likeness (QED) is 0.333. The molecule has 0 saturated heterocycles. The molecule has 0 fully saturated rings. The van der Waals surface area contributed by atoms with Crippen LogP contribution in [0.1, 0.15) is 25.7 Å². The van der Waals surface area contributed by atoms with Crippen LogP contribution in [0.2, 0.25) is 0 Å². The number of unbranched alkanes of at least 4 members (excludes halogenated alkanes) is 2. The van der Waals surface area contributed by atoms with Gasteiger partial charge in [-0.3, -0.25) is 5.41 Å². The third-order valence-corrected chi connectivity index (χ3v) is 1.29. The van der Waals surface area contributed by atoms with E-state index in [2.05, 4.69) is 0 Å². The Hall–Kier alpha value is -0.570. The molecule has 0 aliphatic carbocycles. The van der Waals surface area contributed by atoms with Crippen molar-refractivity contribution in [2.45, 2.75) is 25.7 Å². The SMILES string of the molecule is COCCCCCC(=N)N. The normalized spacial score (nSPS) is 9.70. The predicted octanol–water partition coefficient (Wildman–Crippen LogP) is 1.13. The fourth-order valence-corrected chi connectivity index (χ4v) is 0.739. The van der Waals surface area contributed by atoms with E-state index in [4.69, 9.17) is 15.9 Å². The van der Waals surface area contributed by atoms with E-state index in [0.29, 0.717) is 0 Å². The van der Waals surface area contributed by atoms with E-state index < -0.39 is 0 Å². The van der Waals surface area contributed by atoms with E-state index in [9.17, 15) is 0 Å². The second-order valence-corrected chi connectivity index (χ2v) is 2.33. The fraction of sp³-hybridized carbons (Fsp3) is 0.857. The lowest BCUT2D eigenvalue weighted by molar-refractivity contribution is 0.192. The van der Waals surface area contributed by atoms with Gasteiger partial charge in [0, 0.05) is 20.1 Å². The van der Waals surface area contributed by atoms with Crippen LogP contribution in [0.4, 0.5) is 0 Å². The predicted molar refractivity (Wildman–Crippen MR) is 42.3 cm³/mol. The molecule has 0 aliphatic heterocycles. The van der Waals surface area contributed by atoms with Crippen LogP contribution in [-0.2, 0) is 4.74 Å². The lowest BCUT2D eigenvalue weighted by atomic mass is 10.2. The smallest absolute Gasteiger partial charge is 0.0905 e. The molecule has 0 radical (unpaired) electrons. The van der Waals surface area contributed by atoms with E-state index in [1.807, 2.05) is 0 Å². The van der Waals surface area contributed by atoms with E-state index in [1.165, 1.54) is 0 Å². The number of methoxy groups -OCH3 is 1. The van der Waals surface area contributed by atoms with Crippen LogP contribution in [0.15, 0.2) is 0 Å². The van der Waals surface area contributed by atoms with Crippen molar-refractivity contribution in [2.75, 3.05) is 13.7 Å². The number of nitrogens with two attached hydrogens (primary N) is 1. The minimum Gasteiger partial charge on any atom is -0.388 e. The van der Waals surface area contributed by atoms with Crippen molar-refractivity contribution in [1.82, 2.24) is 0 Å². The van der Waals surface area contributed by atoms with Gasteiger partial charge >= 0.3 is 0 Å². The zero-order chi connectivity index (χ0) is 7.82. The van der Waals surface area contributed by atoms with Crippen LogP contribution in [-0.4, -0.2) is 19.6 Å². The number of hydrogen-bond acceptors (Lipinski definition) is 2. The van der Waals surface area contributed by atoms with Crippen molar-refractivity contribution >= 4 is 5.84 Å². The maximum absolute atomic E-state index is 6.92. The van der Waals surface area contributed by atoms with Crippen LogP contribution in [0.5, 0.6) is 0 Å². The summed E-state index contributed by atoms with van der Waals surface area (Å²) in [7, 11) is 1.70. The maximum Gasteiger partial charge on any atom is 0.0905 e. The third kappa shape index (κ3) is 7.43. The van der Waals surface area contributed by atoms with Crippen LogP contribution < -0.4 is 5.73 Å². The lowest BCUT2D eigenvalue weighted by Gasteiger charge is -1.98. The van der Waals surface area contributed by atoms with Gasteiger partial charge in [0.15, 0.2) is 0 Å². The minimum absolute atomic E-state index is 0.289. The highest BCUT2D eigenvalue weighted by atomic mass is 16.5. The average Bonchev–Trinajstić information content (AvgIpc) is 1.87. The Morgan fingerprint density at radius 1 is 1.40 bits per heavy atom. The minimum atomic E-state index is 0.289. The molecule has 60 valence electrons. The van der Waals surface area contributed by atoms with Crippen molar-refractivity contribution in [2.24, 2.45) is 5.73 Å². The van der Waals surface area contributed by atoms with Gasteiger partial charge in [-0.1, -0.05) is 6.42 Å². The molecule has 0 heterocycles. The molecule has 0 amide bonds. The molecule has 0 saturated carbocycles. The van der Waals surface area contributed by atoms with Crippen LogP contribution in [0, 0.1) is 5.41 Å². The van der Waals surface area contributed by atoms with Crippen LogP contribution in [0.3, 0.4) is 0 Å². The zero-order valence-corrected chi connectivity index (χ0v) is 6.52. The molecule has 0 spiro atoms. The Morgan fingerprint density at radius 2 is 2.10 bits per heavy atom. The van der Waals surface area contributed by atoms with Crippen molar-refractivity contribution in [3.63, 3.8) is 0 Å². The van der Waals surface area contributed by atoms with E-state index >= 15 is 0 Å². The van der Waals surface area contributed by atoms with Gasteiger partial charge in [-0.15, -0.1) is 0 Å². The third-order valence-electron chi connectivity index (χ3n) is 1.29. The molecular weight excluding hydrogens is 128 g/mol. The molecule has 3 N–H and O–H groups in total. The molecule has 0 atom stereocenters. The van der Waals surface area contributed by atoms with Gasteiger partial charge in [0.25, 0.3) is 0 Å². The first-order chi connectivity index (χ1) is 4.77. The molecule has 0 aromatic carbocycles. The molecule has 3 nitrogen and oxygen atoms in total. The Balaban J connectivity index is 2.84. The van der Waals surface area contributed by atoms with E-state index in [0.717, 1.165) is 32.3 Å². The van der Waals surface area contributed by atoms with Gasteiger partial charge < -0.3 is 10.5 Å². The number of nitrogens with one attached hydrogen (secondary N) is 1. The molecule has 0 aromatic rings. The maximum atomic E-state index is 6.92. The Labute approximate surface area is 62.1 Å². The second kappa shape index (κ2) is 6.55. The summed E-state index contributed by atoms with van der Waals surface area (Å²) in [4.78, 5) is 0. The first-order valence-corrected chi connectivity index (χ1v) is 3.59. The van der Waals surface area contributed by atoms with Crippen LogP contribution in [0.25, 0.3) is 0 Å². The molecule has 0 bridgehead atoms. The molecule has 3 heteroatoms. The van der Waals surface area contributed by atoms with Crippen molar-refractivity contribution in [1.29, 1.82) is 5.41 Å². The van der Waals surface area contributed by atoms with Gasteiger partial charge in [-0.25, -0.2) is 0 Å². The van der Waals surface area contributed by atoms with Gasteiger partial charge in [-0.2, -0.15) is 0 Å². The topological polar surface area (TPSA) is 59.1 Å². The highest BCUT2D eigenvalue weighted by Crippen LogP contribution is 1.98. The Kier molecular flexibility index (Phi) is 6.18. The Morgan fingerprint density at radius 3 is 2.60 bits per heavy atom. The first-order valence-electron chi connectivity index (χ1n) is 3.59. The average molecular weight is 144 g/mol. The summed E-state index contributed by atoms with van der Waals surface area (Å²) in [5.74, 6) is 0.289. The molecule has 0 rings (SSSR count). The monoisotopic (exact) mass is 144 g/mol. The summed E-state index contributed by atoms with van der Waals surface area (Å²) in [6.45, 7) is 0.817. The van der Waals surface area contributed by atoms with Gasteiger partial charge in [0.1, 0.15) is 0 Å². The van der Waals surface area contributed by atoms with E-state index in [1.54, 1.807) is 7.11 Å². The lowest BCUT2D eigenvalue weighted by Crippen LogP contribution is -2.08. The molecule has 0 unspecified atom stereocenters. The Bertz CT molecular complexity index is 93.6. The zero-order valence-electron chi connectivity index (χ0n) is 6.52. The first kappa shape index (κ1) is 9.43. The number of amidine groups is 1. The summed E-state index contributed by atoms with van der Waals surface area (Å²) in [6, 6.07) is 0. The summed E-state index contributed by atoms with van der Waals surface area (Å²) in [5.41, 5.74) is 5.16. The standard InChI is InChI=1S/C7H16N2O/c1-10-6-4-2-3-5-7(8)9/h2-6H2,1H3,(H3,8,9). The molecular formula is C7H16N2O. The number of ether oxygens (including phenoxy) is 1.